The summed E-state index contributed by atoms with van der Waals surface area (Å²) in [6.07, 6.45) is 2.63. The molecule has 1 fully saturated rings. The van der Waals surface area contributed by atoms with E-state index in [0.29, 0.717) is 17.8 Å². The summed E-state index contributed by atoms with van der Waals surface area (Å²) >= 11 is 12.2. The summed E-state index contributed by atoms with van der Waals surface area (Å²) in [5.74, 6) is 2.71. The Hall–Kier alpha value is -1.50. The molecule has 0 aliphatic heterocycles. The Bertz CT molecular complexity index is 931. The minimum atomic E-state index is 0.626. The van der Waals surface area contributed by atoms with Crippen LogP contribution in [0.15, 0.2) is 59.7 Å². The quantitative estimate of drug-likeness (QED) is 0.504. The molecule has 6 rings (SSSR count). The zero-order chi connectivity index (χ0) is 18.0. The van der Waals surface area contributed by atoms with Crippen LogP contribution in [0.3, 0.4) is 0 Å². The summed E-state index contributed by atoms with van der Waals surface area (Å²) in [4.78, 5) is 0. The van der Waals surface area contributed by atoms with Gasteiger partial charge in [-0.2, -0.15) is 0 Å². The first-order valence-electron chi connectivity index (χ1n) is 9.49. The van der Waals surface area contributed by atoms with Gasteiger partial charge in [-0.05, 0) is 96.9 Å². The number of rotatable bonds is 2. The predicted molar refractivity (Wildman–Crippen MR) is 111 cm³/mol. The smallest absolute Gasteiger partial charge is 0.0406 e. The monoisotopic (exact) mass is 380 g/mol. The highest BCUT2D eigenvalue weighted by Gasteiger charge is 2.54. The molecule has 0 spiro atoms. The molecule has 0 unspecified atom stereocenters. The van der Waals surface area contributed by atoms with E-state index in [4.69, 9.17) is 23.2 Å². The molecule has 0 radical (unpaired) electrons. The van der Waals surface area contributed by atoms with Crippen molar-refractivity contribution in [1.82, 2.24) is 0 Å². The molecule has 2 bridgehead atoms. The number of hydrogen-bond donors (Lipinski definition) is 0. The minimum Gasteiger partial charge on any atom is -0.0843 e. The third kappa shape index (κ3) is 2.28. The fraction of sp³-hybridized carbons (Fsp3) is 0.333. The lowest BCUT2D eigenvalue weighted by atomic mass is 9.46. The fourth-order valence-corrected chi connectivity index (χ4v) is 6.19. The number of fused-ring (bicyclic) bond motifs is 1. The molecule has 0 nitrogen and oxygen atoms in total. The third-order valence-corrected chi connectivity index (χ3v) is 7.47. The van der Waals surface area contributed by atoms with Crippen LogP contribution in [0.4, 0.5) is 0 Å². The van der Waals surface area contributed by atoms with Crippen LogP contribution in [0.5, 0.6) is 0 Å². The Morgan fingerprint density at radius 3 is 1.69 bits per heavy atom. The van der Waals surface area contributed by atoms with Crippen LogP contribution in [-0.2, 0) is 0 Å². The lowest BCUT2D eigenvalue weighted by molar-refractivity contribution is 0.167. The van der Waals surface area contributed by atoms with Gasteiger partial charge in [0.15, 0.2) is 0 Å². The average Bonchev–Trinajstić information content (AvgIpc) is 2.64. The van der Waals surface area contributed by atoms with Crippen molar-refractivity contribution < 1.29 is 0 Å². The van der Waals surface area contributed by atoms with E-state index >= 15 is 0 Å². The van der Waals surface area contributed by atoms with E-state index in [1.165, 1.54) is 24.0 Å². The lowest BCUT2D eigenvalue weighted by Crippen LogP contribution is -2.47. The number of benzene rings is 2. The normalized spacial score (nSPS) is 29.7. The number of allylic oxidation sites excluding steroid dienone is 4. The van der Waals surface area contributed by atoms with Gasteiger partial charge >= 0.3 is 0 Å². The first kappa shape index (κ1) is 16.7. The van der Waals surface area contributed by atoms with Gasteiger partial charge in [0.25, 0.3) is 0 Å². The molecule has 4 aliphatic carbocycles. The van der Waals surface area contributed by atoms with Crippen molar-refractivity contribution in [1.29, 1.82) is 0 Å². The van der Waals surface area contributed by atoms with Gasteiger partial charge in [0.1, 0.15) is 0 Å². The van der Waals surface area contributed by atoms with Crippen molar-refractivity contribution in [3.8, 4) is 0 Å². The van der Waals surface area contributed by atoms with Crippen molar-refractivity contribution in [3.05, 3.63) is 80.8 Å². The third-order valence-electron chi connectivity index (χ3n) is 6.96. The van der Waals surface area contributed by atoms with Crippen molar-refractivity contribution >= 4 is 34.3 Å². The summed E-state index contributed by atoms with van der Waals surface area (Å²) in [5, 5.41) is 1.62. The Kier molecular flexibility index (Phi) is 3.85. The molecule has 4 atom stereocenters. The van der Waals surface area contributed by atoms with Gasteiger partial charge < -0.3 is 0 Å². The van der Waals surface area contributed by atoms with Gasteiger partial charge in [0.05, 0.1) is 0 Å². The van der Waals surface area contributed by atoms with Crippen LogP contribution in [0.25, 0.3) is 11.1 Å². The van der Waals surface area contributed by atoms with Gasteiger partial charge in [-0.25, -0.2) is 0 Å². The first-order valence-corrected chi connectivity index (χ1v) is 10.2. The zero-order valence-corrected chi connectivity index (χ0v) is 16.6. The summed E-state index contributed by atoms with van der Waals surface area (Å²) in [6.45, 7) is 4.71. The van der Waals surface area contributed by atoms with Crippen molar-refractivity contribution in [2.24, 2.45) is 23.7 Å². The summed E-state index contributed by atoms with van der Waals surface area (Å²) in [5.41, 5.74) is 9.08. The van der Waals surface area contributed by atoms with Crippen LogP contribution in [0, 0.1) is 23.7 Å². The fourth-order valence-electron chi connectivity index (χ4n) is 5.94. The topological polar surface area (TPSA) is 0 Å². The van der Waals surface area contributed by atoms with Gasteiger partial charge in [-0.3, -0.25) is 0 Å². The van der Waals surface area contributed by atoms with E-state index < -0.39 is 0 Å². The van der Waals surface area contributed by atoms with Crippen LogP contribution in [-0.4, -0.2) is 0 Å². The standard InChI is InChI=1S/C24H22Cl2/c1-13-19-11-12-20(21(13)15-3-7-17(25)8-4-15)24-22(14(2)23(19)24)16-5-9-18(26)10-6-16/h3-10,19-20,23-24H,11-12H2,1-2H3/t19-,20+,23+,24+/m0/s1. The van der Waals surface area contributed by atoms with Crippen molar-refractivity contribution in [2.75, 3.05) is 0 Å². The molecular formula is C24H22Cl2. The maximum Gasteiger partial charge on any atom is 0.0406 e. The van der Waals surface area contributed by atoms with Crippen LogP contribution in [0.1, 0.15) is 37.8 Å². The molecule has 0 heterocycles. The molecule has 132 valence electrons. The second-order valence-corrected chi connectivity index (χ2v) is 8.92. The number of halogens is 2. The first-order chi connectivity index (χ1) is 12.6. The molecule has 26 heavy (non-hydrogen) atoms. The molecular weight excluding hydrogens is 359 g/mol. The zero-order valence-electron chi connectivity index (χ0n) is 15.1. The molecule has 0 saturated heterocycles. The Morgan fingerprint density at radius 1 is 0.615 bits per heavy atom. The SMILES string of the molecule is CC1=C(c2ccc(Cl)cc2)[C@@H]2[C@H]1[C@H]1CC[C@@H]2C(c2ccc(Cl)cc2)=C1C. The molecule has 2 aromatic carbocycles. The maximum atomic E-state index is 6.13. The largest absolute Gasteiger partial charge is 0.0843 e. The van der Waals surface area contributed by atoms with Gasteiger partial charge in [-0.15, -0.1) is 0 Å². The second-order valence-electron chi connectivity index (χ2n) is 8.05. The van der Waals surface area contributed by atoms with E-state index in [1.807, 2.05) is 24.3 Å². The predicted octanol–water partition coefficient (Wildman–Crippen LogP) is 7.53. The second kappa shape index (κ2) is 6.01. The van der Waals surface area contributed by atoms with Crippen molar-refractivity contribution in [3.63, 3.8) is 0 Å². The Balaban J connectivity index is 1.59. The molecule has 4 aliphatic rings. The Morgan fingerprint density at radius 2 is 1.12 bits per heavy atom. The van der Waals surface area contributed by atoms with Crippen LogP contribution < -0.4 is 0 Å². The molecule has 0 N–H and O–H groups in total. The van der Waals surface area contributed by atoms with Crippen LogP contribution in [0.2, 0.25) is 10.0 Å². The van der Waals surface area contributed by atoms with Gasteiger partial charge in [0.2, 0.25) is 0 Å². The van der Waals surface area contributed by atoms with Gasteiger partial charge in [0, 0.05) is 10.0 Å². The highest BCUT2D eigenvalue weighted by Crippen LogP contribution is 2.66. The van der Waals surface area contributed by atoms with E-state index in [9.17, 15) is 0 Å². The molecule has 2 aromatic rings. The molecule has 2 heteroatoms. The molecule has 1 saturated carbocycles. The summed E-state index contributed by atoms with van der Waals surface area (Å²) in [7, 11) is 0. The minimum absolute atomic E-state index is 0.626. The summed E-state index contributed by atoms with van der Waals surface area (Å²) in [6, 6.07) is 16.9. The Labute approximate surface area is 165 Å². The average molecular weight is 381 g/mol. The lowest BCUT2D eigenvalue weighted by Gasteiger charge is -2.58. The molecule has 0 amide bonds. The maximum absolute atomic E-state index is 6.13. The highest BCUT2D eigenvalue weighted by molar-refractivity contribution is 6.30. The van der Waals surface area contributed by atoms with E-state index in [2.05, 4.69) is 38.1 Å². The van der Waals surface area contributed by atoms with E-state index in [0.717, 1.165) is 16.0 Å². The van der Waals surface area contributed by atoms with E-state index in [1.54, 1.807) is 22.3 Å². The summed E-state index contributed by atoms with van der Waals surface area (Å²) < 4.78 is 0. The molecule has 0 aromatic heterocycles. The number of hydrogen-bond acceptors (Lipinski definition) is 0. The highest BCUT2D eigenvalue weighted by atomic mass is 35.5. The van der Waals surface area contributed by atoms with Crippen molar-refractivity contribution in [2.45, 2.75) is 26.7 Å². The van der Waals surface area contributed by atoms with Crippen LogP contribution >= 0.6 is 23.2 Å². The van der Waals surface area contributed by atoms with E-state index in [-0.39, 0.29) is 0 Å². The van der Waals surface area contributed by atoms with Gasteiger partial charge in [-0.1, -0.05) is 58.6 Å².